The van der Waals surface area contributed by atoms with Gasteiger partial charge in [-0.1, -0.05) is 52.0 Å². The zero-order valence-corrected chi connectivity index (χ0v) is 33.2. The third kappa shape index (κ3) is 7.18. The zero-order chi connectivity index (χ0) is 39.5. The van der Waals surface area contributed by atoms with Crippen molar-refractivity contribution in [1.29, 1.82) is 0 Å². The second-order valence-electron chi connectivity index (χ2n) is 17.5. The number of aliphatic imine (C=N–C) groups is 1. The number of methoxy groups -OCH3 is 2. The number of imidazole rings is 1. The van der Waals surface area contributed by atoms with Gasteiger partial charge in [0, 0.05) is 18.7 Å². The molecule has 2 saturated carbocycles. The lowest BCUT2D eigenvalue weighted by molar-refractivity contribution is -0.136. The summed E-state index contributed by atoms with van der Waals surface area (Å²) in [6, 6.07) is 11.1. The fourth-order valence-corrected chi connectivity index (χ4v) is 9.05. The van der Waals surface area contributed by atoms with Gasteiger partial charge in [0.15, 0.2) is 0 Å². The minimum absolute atomic E-state index is 0.0176. The summed E-state index contributed by atoms with van der Waals surface area (Å²) in [4.78, 5) is 69.2. The molecule has 4 N–H and O–H groups in total. The molecule has 14 heteroatoms. The predicted octanol–water partition coefficient (Wildman–Crippen LogP) is 5.47. The van der Waals surface area contributed by atoms with E-state index in [1.807, 2.05) is 43.7 Å². The van der Waals surface area contributed by atoms with Gasteiger partial charge in [0.05, 0.1) is 50.8 Å². The van der Waals surface area contributed by atoms with Crippen LogP contribution >= 0.6 is 0 Å². The van der Waals surface area contributed by atoms with Crippen LogP contribution < -0.4 is 16.0 Å². The van der Waals surface area contributed by atoms with Crippen molar-refractivity contribution in [1.82, 2.24) is 35.7 Å². The molecule has 298 valence electrons. The summed E-state index contributed by atoms with van der Waals surface area (Å²) in [6.07, 6.45) is 6.71. The number of nitrogens with zero attached hydrogens (tertiary/aromatic N) is 4. The Morgan fingerprint density at radius 1 is 0.786 bits per heavy atom. The van der Waals surface area contributed by atoms with Gasteiger partial charge in [-0.3, -0.25) is 14.6 Å². The van der Waals surface area contributed by atoms with Crippen LogP contribution in [0.5, 0.6) is 0 Å². The van der Waals surface area contributed by atoms with Crippen LogP contribution in [-0.2, 0) is 19.1 Å². The lowest BCUT2D eigenvalue weighted by Gasteiger charge is -2.31. The summed E-state index contributed by atoms with van der Waals surface area (Å²) in [5.41, 5.74) is 3.26. The first-order valence-electron chi connectivity index (χ1n) is 20.0. The van der Waals surface area contributed by atoms with E-state index in [9.17, 15) is 19.2 Å². The Labute approximate surface area is 327 Å². The van der Waals surface area contributed by atoms with E-state index in [4.69, 9.17) is 19.5 Å². The lowest BCUT2D eigenvalue weighted by atomic mass is 9.99. The first kappa shape index (κ1) is 37.8. The molecule has 3 aromatic rings. The fraction of sp³-hybridized carbons (Fsp3) is 0.571. The fourth-order valence-electron chi connectivity index (χ4n) is 9.05. The highest BCUT2D eigenvalue weighted by molar-refractivity contribution is 5.96. The number of ether oxygens (including phenoxy) is 2. The van der Waals surface area contributed by atoms with Crippen molar-refractivity contribution < 1.29 is 28.7 Å². The third-order valence-electron chi connectivity index (χ3n) is 12.9. The monoisotopic (exact) mass is 766 g/mol. The van der Waals surface area contributed by atoms with Crippen molar-refractivity contribution in [2.24, 2.45) is 27.7 Å². The van der Waals surface area contributed by atoms with Crippen LogP contribution in [-0.4, -0.2) is 102 Å². The van der Waals surface area contributed by atoms with Crippen molar-refractivity contribution >= 4 is 40.6 Å². The molecule has 8 rings (SSSR count). The number of rotatable bonds is 10. The second-order valence-corrected chi connectivity index (χ2v) is 17.5. The molecule has 2 aliphatic carbocycles. The van der Waals surface area contributed by atoms with Crippen molar-refractivity contribution in [2.75, 3.05) is 33.9 Å². The molecule has 2 spiro atoms. The smallest absolute Gasteiger partial charge is 0.407 e. The molecule has 14 nitrogen and oxygen atoms in total. The molecular weight excluding hydrogens is 713 g/mol. The molecule has 0 radical (unpaired) electrons. The molecule has 1 aromatic heterocycles. The van der Waals surface area contributed by atoms with Crippen LogP contribution in [0.4, 0.5) is 9.59 Å². The summed E-state index contributed by atoms with van der Waals surface area (Å²) in [5, 5.41) is 11.4. The Hall–Kier alpha value is -5.14. The predicted molar refractivity (Wildman–Crippen MR) is 211 cm³/mol. The normalized spacial score (nSPS) is 24.0. The Balaban J connectivity index is 0.960. The number of amides is 4. The van der Waals surface area contributed by atoms with Gasteiger partial charge in [-0.25, -0.2) is 14.6 Å². The SMILES string of the molecule is COC(=O)N[C@H](C(=O)N1CC2(CC2)C[C@H]1C1=NCC(c2ccc3cc(-c4cnc([C@@H]5CC6(CC6)CN5C(=O)[C@@H](NC(=O)OC)C(C)C)[nH]4)ccc3c2)N1)C(C)C. The van der Waals surface area contributed by atoms with Gasteiger partial charge < -0.3 is 40.2 Å². The van der Waals surface area contributed by atoms with E-state index >= 15 is 0 Å². The van der Waals surface area contributed by atoms with Crippen molar-refractivity contribution in [2.45, 2.75) is 96.4 Å². The largest absolute Gasteiger partial charge is 0.453 e. The number of nitrogens with one attached hydrogen (secondary N) is 4. The molecule has 5 aliphatic rings. The van der Waals surface area contributed by atoms with Gasteiger partial charge in [0.25, 0.3) is 0 Å². The molecule has 5 atom stereocenters. The summed E-state index contributed by atoms with van der Waals surface area (Å²) in [5.74, 6) is 1.19. The van der Waals surface area contributed by atoms with Gasteiger partial charge in [0.1, 0.15) is 23.7 Å². The van der Waals surface area contributed by atoms with Crippen molar-refractivity contribution in [3.05, 3.63) is 54.0 Å². The number of aromatic amines is 1. The van der Waals surface area contributed by atoms with Crippen LogP contribution in [0.15, 0.2) is 47.6 Å². The Morgan fingerprint density at radius 3 is 1.91 bits per heavy atom. The van der Waals surface area contributed by atoms with Crippen LogP contribution in [0.1, 0.15) is 89.7 Å². The number of carbonyl (C=O) groups excluding carboxylic acids is 4. The highest BCUT2D eigenvalue weighted by atomic mass is 16.5. The topological polar surface area (TPSA) is 170 Å². The number of amidine groups is 1. The molecule has 4 fully saturated rings. The van der Waals surface area contributed by atoms with E-state index in [0.29, 0.717) is 19.6 Å². The van der Waals surface area contributed by atoms with Crippen LogP contribution in [0.25, 0.3) is 22.0 Å². The van der Waals surface area contributed by atoms with Gasteiger partial charge in [-0.15, -0.1) is 0 Å². The number of fused-ring (bicyclic) bond motifs is 1. The summed E-state index contributed by atoms with van der Waals surface area (Å²) < 4.78 is 9.64. The standard InChI is InChI=1S/C42H54N8O6/c1-23(2)33(47-39(53)55-5)37(51)49-21-41(11-12-41)17-31(49)35-43-19-29(45-35)27-9-7-26-16-28(10-8-25(26)15-27)30-20-44-36(46-30)32-18-42(13-14-42)22-50(32)38(52)34(24(3)4)48-40(54)56-6/h7-10,15-16,19,23-24,30-34H,11-14,17-18,20-22H2,1-6H3,(H,43,45)(H,44,46)(H,47,53)(H,48,54)/t30?,31-,32-,33-,34-/m0/s1. The van der Waals surface area contributed by atoms with Crippen LogP contribution in [0.2, 0.25) is 0 Å². The highest BCUT2D eigenvalue weighted by Crippen LogP contribution is 2.58. The molecule has 1 unspecified atom stereocenters. The third-order valence-corrected chi connectivity index (χ3v) is 12.9. The molecule has 0 bridgehead atoms. The number of benzene rings is 2. The van der Waals surface area contributed by atoms with Gasteiger partial charge >= 0.3 is 12.2 Å². The number of aromatic nitrogens is 2. The van der Waals surface area contributed by atoms with E-state index in [0.717, 1.165) is 77.8 Å². The van der Waals surface area contributed by atoms with Crippen LogP contribution in [0.3, 0.4) is 0 Å². The average molecular weight is 767 g/mol. The van der Waals surface area contributed by atoms with Crippen molar-refractivity contribution in [3.8, 4) is 11.3 Å². The van der Waals surface area contributed by atoms with E-state index in [-0.39, 0.29) is 52.6 Å². The maximum Gasteiger partial charge on any atom is 0.407 e. The van der Waals surface area contributed by atoms with E-state index in [1.165, 1.54) is 14.2 Å². The summed E-state index contributed by atoms with van der Waals surface area (Å²) in [6.45, 7) is 9.62. The number of H-pyrrole nitrogens is 1. The minimum atomic E-state index is -0.688. The van der Waals surface area contributed by atoms with E-state index < -0.39 is 24.3 Å². The molecule has 4 amide bonds. The first-order valence-corrected chi connectivity index (χ1v) is 20.0. The molecule has 2 aromatic carbocycles. The number of carbonyl (C=O) groups is 4. The Bertz CT molecular complexity index is 2070. The van der Waals surface area contributed by atoms with E-state index in [2.05, 4.69) is 57.3 Å². The molecule has 4 heterocycles. The molecule has 56 heavy (non-hydrogen) atoms. The average Bonchev–Trinajstić information content (AvgIpc) is 3.77. The molecule has 3 aliphatic heterocycles. The first-order chi connectivity index (χ1) is 26.8. The van der Waals surface area contributed by atoms with Gasteiger partial charge in [-0.05, 0) is 89.7 Å². The summed E-state index contributed by atoms with van der Waals surface area (Å²) >= 11 is 0. The maximum absolute atomic E-state index is 13.9. The van der Waals surface area contributed by atoms with Gasteiger partial charge in [-0.2, -0.15) is 0 Å². The number of hydrogen-bond acceptors (Lipinski definition) is 9. The molecular formula is C42H54N8O6. The number of likely N-dealkylation sites (tertiary alicyclic amines) is 2. The quantitative estimate of drug-likeness (QED) is 0.211. The second kappa shape index (κ2) is 14.4. The highest BCUT2D eigenvalue weighted by Gasteiger charge is 2.57. The molecule has 2 saturated heterocycles. The minimum Gasteiger partial charge on any atom is -0.453 e. The Kier molecular flexibility index (Phi) is 9.72. The number of hydrogen-bond donors (Lipinski definition) is 4. The Morgan fingerprint density at radius 2 is 1.34 bits per heavy atom. The number of alkyl carbamates (subject to hydrolysis) is 2. The van der Waals surface area contributed by atoms with Crippen LogP contribution in [0, 0.1) is 22.7 Å². The zero-order valence-electron chi connectivity index (χ0n) is 33.2. The lowest BCUT2D eigenvalue weighted by Crippen LogP contribution is -2.55. The maximum atomic E-state index is 13.9. The summed E-state index contributed by atoms with van der Waals surface area (Å²) in [7, 11) is 2.61. The van der Waals surface area contributed by atoms with Gasteiger partial charge in [0.2, 0.25) is 11.8 Å². The van der Waals surface area contributed by atoms with E-state index in [1.54, 1.807) is 0 Å². The van der Waals surface area contributed by atoms with Crippen molar-refractivity contribution in [3.63, 3.8) is 0 Å².